The molecule has 0 unspecified atom stereocenters. The second-order valence-corrected chi connectivity index (χ2v) is 7.42. The van der Waals surface area contributed by atoms with E-state index >= 15 is 0 Å². The number of benzene rings is 3. The molecule has 4 nitrogen and oxygen atoms in total. The van der Waals surface area contributed by atoms with Crippen LogP contribution in [0, 0.1) is 0 Å². The van der Waals surface area contributed by atoms with E-state index in [4.69, 9.17) is 9.47 Å². The molecule has 0 spiro atoms. The molecule has 0 aliphatic heterocycles. The maximum Gasteiger partial charge on any atom is 0.255 e. The van der Waals surface area contributed by atoms with Crippen LogP contribution in [0.15, 0.2) is 77.3 Å². The Kier molecular flexibility index (Phi) is 6.71. The Bertz CT molecular complexity index is 942. The molecule has 0 aromatic heterocycles. The van der Waals surface area contributed by atoms with Crippen molar-refractivity contribution in [3.63, 3.8) is 0 Å². The molecular formula is C23H22BrNO3. The number of hydrogen-bond donors (Lipinski definition) is 1. The maximum atomic E-state index is 12.6. The number of halogens is 1. The molecule has 0 atom stereocenters. The van der Waals surface area contributed by atoms with Crippen LogP contribution < -0.4 is 14.8 Å². The van der Waals surface area contributed by atoms with E-state index in [9.17, 15) is 4.79 Å². The first-order valence-corrected chi connectivity index (χ1v) is 9.85. The van der Waals surface area contributed by atoms with Gasteiger partial charge in [-0.15, -0.1) is 0 Å². The highest BCUT2D eigenvalue weighted by Crippen LogP contribution is 2.27. The van der Waals surface area contributed by atoms with E-state index < -0.39 is 0 Å². The summed E-state index contributed by atoms with van der Waals surface area (Å²) in [5, 5.41) is 2.90. The second-order valence-electron chi connectivity index (χ2n) is 6.57. The average Bonchev–Trinajstić information content (AvgIpc) is 2.69. The number of nitrogens with one attached hydrogen (secondary N) is 1. The Balaban J connectivity index is 1.65. The van der Waals surface area contributed by atoms with Gasteiger partial charge in [0.05, 0.1) is 10.6 Å². The van der Waals surface area contributed by atoms with Crippen LogP contribution in [0.3, 0.4) is 0 Å². The van der Waals surface area contributed by atoms with Gasteiger partial charge in [0.25, 0.3) is 5.91 Å². The first-order chi connectivity index (χ1) is 13.5. The van der Waals surface area contributed by atoms with Crippen LogP contribution in [0.2, 0.25) is 0 Å². The van der Waals surface area contributed by atoms with Crippen LogP contribution in [-0.4, -0.2) is 12.0 Å². The maximum absolute atomic E-state index is 12.6. The molecular weight excluding hydrogens is 418 g/mol. The fourth-order valence-electron chi connectivity index (χ4n) is 2.60. The van der Waals surface area contributed by atoms with Gasteiger partial charge in [-0.1, -0.05) is 36.4 Å². The van der Waals surface area contributed by atoms with Crippen LogP contribution in [0.1, 0.15) is 29.8 Å². The third-order valence-electron chi connectivity index (χ3n) is 3.90. The number of hydrogen-bond acceptors (Lipinski definition) is 3. The summed E-state index contributed by atoms with van der Waals surface area (Å²) in [7, 11) is 0. The Labute approximate surface area is 173 Å². The Morgan fingerprint density at radius 2 is 1.79 bits per heavy atom. The first kappa shape index (κ1) is 20.0. The fourth-order valence-corrected chi connectivity index (χ4v) is 3.07. The van der Waals surface area contributed by atoms with Gasteiger partial charge in [0, 0.05) is 17.3 Å². The molecule has 28 heavy (non-hydrogen) atoms. The number of amides is 1. The summed E-state index contributed by atoms with van der Waals surface area (Å²) in [5.74, 6) is 1.21. The summed E-state index contributed by atoms with van der Waals surface area (Å²) >= 11 is 3.46. The molecule has 0 aliphatic carbocycles. The Morgan fingerprint density at radius 3 is 2.50 bits per heavy atom. The van der Waals surface area contributed by atoms with Crippen molar-refractivity contribution in [2.45, 2.75) is 26.6 Å². The smallest absolute Gasteiger partial charge is 0.255 e. The molecule has 5 heteroatoms. The Hall–Kier alpha value is -2.79. The minimum Gasteiger partial charge on any atom is -0.490 e. The molecule has 0 aliphatic rings. The zero-order valence-corrected chi connectivity index (χ0v) is 17.4. The minimum atomic E-state index is -0.197. The lowest BCUT2D eigenvalue weighted by Crippen LogP contribution is -2.12. The highest BCUT2D eigenvalue weighted by molar-refractivity contribution is 9.10. The SMILES string of the molecule is CC(C)Oc1ccc(C(=O)Nc2cccc(OCc3ccccc3)c2)cc1Br. The van der Waals surface area contributed by atoms with Crippen molar-refractivity contribution in [1.82, 2.24) is 0 Å². The lowest BCUT2D eigenvalue weighted by atomic mass is 10.2. The van der Waals surface area contributed by atoms with Gasteiger partial charge in [-0.25, -0.2) is 0 Å². The van der Waals surface area contributed by atoms with Crippen molar-refractivity contribution < 1.29 is 14.3 Å². The number of anilines is 1. The first-order valence-electron chi connectivity index (χ1n) is 9.05. The molecule has 0 saturated carbocycles. The zero-order valence-electron chi connectivity index (χ0n) is 15.8. The van der Waals surface area contributed by atoms with Gasteiger partial charge in [-0.2, -0.15) is 0 Å². The van der Waals surface area contributed by atoms with Crippen molar-refractivity contribution in [2.75, 3.05) is 5.32 Å². The predicted molar refractivity (Wildman–Crippen MR) is 115 cm³/mol. The summed E-state index contributed by atoms with van der Waals surface area (Å²) in [5.41, 5.74) is 2.30. The van der Waals surface area contributed by atoms with E-state index in [1.54, 1.807) is 18.2 Å². The zero-order chi connectivity index (χ0) is 19.9. The van der Waals surface area contributed by atoms with Crippen LogP contribution >= 0.6 is 15.9 Å². The molecule has 1 amide bonds. The van der Waals surface area contributed by atoms with Gasteiger partial charge in [0.2, 0.25) is 0 Å². The van der Waals surface area contributed by atoms with Gasteiger partial charge in [-0.3, -0.25) is 4.79 Å². The second kappa shape index (κ2) is 9.42. The van der Waals surface area contributed by atoms with Crippen molar-refractivity contribution in [2.24, 2.45) is 0 Å². The normalized spacial score (nSPS) is 10.6. The van der Waals surface area contributed by atoms with Crippen LogP contribution in [0.4, 0.5) is 5.69 Å². The van der Waals surface area contributed by atoms with E-state index in [1.165, 1.54) is 0 Å². The molecule has 0 fully saturated rings. The molecule has 3 aromatic rings. The standard InChI is InChI=1S/C23H22BrNO3/c1-16(2)28-22-12-11-18(13-21(22)24)23(26)25-19-9-6-10-20(14-19)27-15-17-7-4-3-5-8-17/h3-14,16H,15H2,1-2H3,(H,25,26). The molecule has 0 heterocycles. The molecule has 1 N–H and O–H groups in total. The number of carbonyl (C=O) groups excluding carboxylic acids is 1. The summed E-state index contributed by atoms with van der Waals surface area (Å²) in [6.45, 7) is 4.39. The fraction of sp³-hybridized carbons (Fsp3) is 0.174. The molecule has 3 rings (SSSR count). The van der Waals surface area contributed by atoms with E-state index in [0.29, 0.717) is 29.4 Å². The van der Waals surface area contributed by atoms with E-state index in [2.05, 4.69) is 21.2 Å². The van der Waals surface area contributed by atoms with Gasteiger partial charge in [0.15, 0.2) is 0 Å². The van der Waals surface area contributed by atoms with Crippen LogP contribution in [0.5, 0.6) is 11.5 Å². The monoisotopic (exact) mass is 439 g/mol. The lowest BCUT2D eigenvalue weighted by Gasteiger charge is -2.13. The molecule has 144 valence electrons. The molecule has 3 aromatic carbocycles. The van der Waals surface area contributed by atoms with Gasteiger partial charge >= 0.3 is 0 Å². The molecule has 0 bridgehead atoms. The van der Waals surface area contributed by atoms with E-state index in [0.717, 1.165) is 10.0 Å². The van der Waals surface area contributed by atoms with Gasteiger partial charge in [-0.05, 0) is 65.7 Å². The van der Waals surface area contributed by atoms with Gasteiger partial charge in [0.1, 0.15) is 18.1 Å². The summed E-state index contributed by atoms with van der Waals surface area (Å²) in [4.78, 5) is 12.6. The number of rotatable bonds is 7. The van der Waals surface area contributed by atoms with Crippen molar-refractivity contribution in [3.8, 4) is 11.5 Å². The van der Waals surface area contributed by atoms with Crippen molar-refractivity contribution >= 4 is 27.5 Å². The number of ether oxygens (including phenoxy) is 2. The summed E-state index contributed by atoms with van der Waals surface area (Å²) in [6, 6.07) is 22.6. The van der Waals surface area contributed by atoms with Crippen LogP contribution in [0.25, 0.3) is 0 Å². The summed E-state index contributed by atoms with van der Waals surface area (Å²) in [6.07, 6.45) is 0.0644. The minimum absolute atomic E-state index is 0.0644. The van der Waals surface area contributed by atoms with E-state index in [1.807, 2.05) is 68.4 Å². The average molecular weight is 440 g/mol. The predicted octanol–water partition coefficient (Wildman–Crippen LogP) is 6.07. The van der Waals surface area contributed by atoms with Crippen molar-refractivity contribution in [3.05, 3.63) is 88.4 Å². The molecule has 0 saturated heterocycles. The van der Waals surface area contributed by atoms with Crippen molar-refractivity contribution in [1.29, 1.82) is 0 Å². The quantitative estimate of drug-likeness (QED) is 0.485. The highest BCUT2D eigenvalue weighted by atomic mass is 79.9. The molecule has 0 radical (unpaired) electrons. The summed E-state index contributed by atoms with van der Waals surface area (Å²) < 4.78 is 12.2. The third kappa shape index (κ3) is 5.60. The largest absolute Gasteiger partial charge is 0.490 e. The third-order valence-corrected chi connectivity index (χ3v) is 4.52. The van der Waals surface area contributed by atoms with Gasteiger partial charge < -0.3 is 14.8 Å². The number of carbonyl (C=O) groups is 1. The highest BCUT2D eigenvalue weighted by Gasteiger charge is 2.11. The van der Waals surface area contributed by atoms with Crippen LogP contribution in [-0.2, 0) is 6.61 Å². The topological polar surface area (TPSA) is 47.6 Å². The Morgan fingerprint density at radius 1 is 1.00 bits per heavy atom. The lowest BCUT2D eigenvalue weighted by molar-refractivity contribution is 0.102. The van der Waals surface area contributed by atoms with E-state index in [-0.39, 0.29) is 12.0 Å².